The van der Waals surface area contributed by atoms with Crippen LogP contribution in [0.25, 0.3) is 0 Å². The molecule has 0 spiro atoms. The fourth-order valence-electron chi connectivity index (χ4n) is 3.99. The van der Waals surface area contributed by atoms with E-state index in [4.69, 9.17) is 0 Å². The number of rotatable bonds is 1. The molecule has 0 aromatic rings. The van der Waals surface area contributed by atoms with Gasteiger partial charge in [-0.05, 0) is 55.8 Å². The lowest BCUT2D eigenvalue weighted by Crippen LogP contribution is -2.39. The van der Waals surface area contributed by atoms with Crippen LogP contribution in [0, 0.1) is 23.2 Å². The lowest BCUT2D eigenvalue weighted by molar-refractivity contribution is 0.0252. The molecule has 0 bridgehead atoms. The molecule has 0 saturated heterocycles. The van der Waals surface area contributed by atoms with E-state index in [0.717, 1.165) is 17.8 Å². The number of allylic oxidation sites excluding steroid dienone is 1. The molecule has 86 valence electrons. The van der Waals surface area contributed by atoms with Crippen LogP contribution in [0.4, 0.5) is 0 Å². The second kappa shape index (κ2) is 3.96. The van der Waals surface area contributed by atoms with Gasteiger partial charge in [-0.3, -0.25) is 0 Å². The van der Waals surface area contributed by atoms with Gasteiger partial charge in [-0.25, -0.2) is 0 Å². The summed E-state index contributed by atoms with van der Waals surface area (Å²) in [5.41, 5.74) is 2.02. The predicted molar refractivity (Wildman–Crippen MR) is 66.8 cm³/mol. The monoisotopic (exact) mass is 206 g/mol. The average Bonchev–Trinajstić information content (AvgIpc) is 2.17. The molecule has 2 aliphatic rings. The van der Waals surface area contributed by atoms with Crippen LogP contribution in [0.5, 0.6) is 0 Å². The molecule has 0 aromatic carbocycles. The number of hydrogen-bond donors (Lipinski definition) is 0. The Morgan fingerprint density at radius 3 is 2.60 bits per heavy atom. The van der Waals surface area contributed by atoms with Crippen molar-refractivity contribution in [1.29, 1.82) is 0 Å². The summed E-state index contributed by atoms with van der Waals surface area (Å²) in [5, 5.41) is 0. The summed E-state index contributed by atoms with van der Waals surface area (Å²) in [6.07, 6.45) is 8.70. The first-order valence-corrected chi connectivity index (χ1v) is 6.66. The minimum Gasteiger partial charge on any atom is -0.0999 e. The zero-order valence-corrected chi connectivity index (χ0v) is 10.7. The van der Waals surface area contributed by atoms with Crippen molar-refractivity contribution in [2.45, 2.75) is 59.3 Å². The largest absolute Gasteiger partial charge is 0.0999 e. The van der Waals surface area contributed by atoms with E-state index in [1.165, 1.54) is 44.1 Å². The Bertz CT molecular complexity index is 249. The van der Waals surface area contributed by atoms with E-state index in [2.05, 4.69) is 27.4 Å². The van der Waals surface area contributed by atoms with Gasteiger partial charge >= 0.3 is 0 Å². The maximum absolute atomic E-state index is 4.16. The molecular formula is C15H26. The van der Waals surface area contributed by atoms with Gasteiger partial charge in [0.25, 0.3) is 0 Å². The van der Waals surface area contributed by atoms with Crippen LogP contribution in [-0.4, -0.2) is 0 Å². The first kappa shape index (κ1) is 11.2. The zero-order valence-electron chi connectivity index (χ0n) is 10.7. The van der Waals surface area contributed by atoms with Crippen LogP contribution in [0.3, 0.4) is 0 Å². The summed E-state index contributed by atoms with van der Waals surface area (Å²) in [4.78, 5) is 0. The Kier molecular flexibility index (Phi) is 2.96. The Labute approximate surface area is 95.1 Å². The van der Waals surface area contributed by atoms with E-state index in [0.29, 0.717) is 5.41 Å². The third-order valence-corrected chi connectivity index (χ3v) is 5.09. The lowest BCUT2D eigenvalue weighted by atomic mass is 9.56. The van der Waals surface area contributed by atoms with Crippen LogP contribution >= 0.6 is 0 Å². The van der Waals surface area contributed by atoms with Crippen molar-refractivity contribution < 1.29 is 0 Å². The standard InChI is InChI=1S/C15H26/c1-11(2)13-8-7-12-6-5-9-15(3,4)14(12)10-13/h12-14H,1,5-10H2,2-4H3. The Morgan fingerprint density at radius 2 is 1.93 bits per heavy atom. The summed E-state index contributed by atoms with van der Waals surface area (Å²) in [6.45, 7) is 11.4. The van der Waals surface area contributed by atoms with Crippen molar-refractivity contribution in [3.63, 3.8) is 0 Å². The second-order valence-corrected chi connectivity index (χ2v) is 6.60. The van der Waals surface area contributed by atoms with E-state index in [1.54, 1.807) is 0 Å². The fourth-order valence-corrected chi connectivity index (χ4v) is 3.99. The molecule has 0 heterocycles. The van der Waals surface area contributed by atoms with E-state index in [-0.39, 0.29) is 0 Å². The Hall–Kier alpha value is -0.260. The zero-order chi connectivity index (χ0) is 11.1. The third-order valence-electron chi connectivity index (χ3n) is 5.09. The molecular weight excluding hydrogens is 180 g/mol. The topological polar surface area (TPSA) is 0 Å². The highest BCUT2D eigenvalue weighted by Crippen LogP contribution is 2.52. The highest BCUT2D eigenvalue weighted by atomic mass is 14.5. The van der Waals surface area contributed by atoms with Gasteiger partial charge in [0.15, 0.2) is 0 Å². The minimum absolute atomic E-state index is 0.594. The van der Waals surface area contributed by atoms with Crippen molar-refractivity contribution in [1.82, 2.24) is 0 Å². The van der Waals surface area contributed by atoms with Crippen molar-refractivity contribution in [2.75, 3.05) is 0 Å². The molecule has 0 nitrogen and oxygen atoms in total. The van der Waals surface area contributed by atoms with Crippen molar-refractivity contribution in [2.24, 2.45) is 23.2 Å². The van der Waals surface area contributed by atoms with Gasteiger partial charge in [0.1, 0.15) is 0 Å². The molecule has 0 aromatic heterocycles. The van der Waals surface area contributed by atoms with E-state index >= 15 is 0 Å². The maximum atomic E-state index is 4.16. The van der Waals surface area contributed by atoms with Crippen LogP contribution in [0.2, 0.25) is 0 Å². The van der Waals surface area contributed by atoms with Crippen LogP contribution in [-0.2, 0) is 0 Å². The van der Waals surface area contributed by atoms with Gasteiger partial charge in [-0.2, -0.15) is 0 Å². The molecule has 3 atom stereocenters. The van der Waals surface area contributed by atoms with E-state index in [9.17, 15) is 0 Å². The molecule has 0 N–H and O–H groups in total. The van der Waals surface area contributed by atoms with Gasteiger partial charge in [-0.15, -0.1) is 0 Å². The van der Waals surface area contributed by atoms with Gasteiger partial charge in [-0.1, -0.05) is 38.8 Å². The quantitative estimate of drug-likeness (QED) is 0.540. The van der Waals surface area contributed by atoms with Gasteiger partial charge in [0.2, 0.25) is 0 Å². The van der Waals surface area contributed by atoms with Crippen LogP contribution in [0.1, 0.15) is 59.3 Å². The summed E-state index contributed by atoms with van der Waals surface area (Å²) in [5.74, 6) is 2.83. The molecule has 0 radical (unpaired) electrons. The molecule has 0 aliphatic heterocycles. The van der Waals surface area contributed by atoms with Crippen LogP contribution < -0.4 is 0 Å². The SMILES string of the molecule is C=C(C)C1CCC2CCCC(C)(C)C2C1. The average molecular weight is 206 g/mol. The second-order valence-electron chi connectivity index (χ2n) is 6.60. The Balaban J connectivity index is 2.10. The van der Waals surface area contributed by atoms with Gasteiger partial charge < -0.3 is 0 Å². The van der Waals surface area contributed by atoms with Crippen LogP contribution in [0.15, 0.2) is 12.2 Å². The molecule has 2 rings (SSSR count). The molecule has 2 aliphatic carbocycles. The number of hydrogen-bond acceptors (Lipinski definition) is 0. The molecule has 2 fully saturated rings. The first-order valence-electron chi connectivity index (χ1n) is 6.66. The maximum Gasteiger partial charge on any atom is -0.0206 e. The van der Waals surface area contributed by atoms with Gasteiger partial charge in [0.05, 0.1) is 0 Å². The molecule has 3 unspecified atom stereocenters. The molecule has 0 heteroatoms. The minimum atomic E-state index is 0.594. The van der Waals surface area contributed by atoms with E-state index < -0.39 is 0 Å². The lowest BCUT2D eigenvalue weighted by Gasteiger charge is -2.49. The molecule has 0 amide bonds. The summed E-state index contributed by atoms with van der Waals surface area (Å²) >= 11 is 0. The number of fused-ring (bicyclic) bond motifs is 1. The highest BCUT2D eigenvalue weighted by Gasteiger charge is 2.42. The van der Waals surface area contributed by atoms with Crippen molar-refractivity contribution in [3.05, 3.63) is 12.2 Å². The first-order chi connectivity index (χ1) is 7.00. The van der Waals surface area contributed by atoms with E-state index in [1.807, 2.05) is 0 Å². The van der Waals surface area contributed by atoms with Crippen molar-refractivity contribution >= 4 is 0 Å². The molecule has 2 saturated carbocycles. The molecule has 15 heavy (non-hydrogen) atoms. The fraction of sp³-hybridized carbons (Fsp3) is 0.867. The summed E-state index contributed by atoms with van der Waals surface area (Å²) in [7, 11) is 0. The summed E-state index contributed by atoms with van der Waals surface area (Å²) in [6, 6.07) is 0. The highest BCUT2D eigenvalue weighted by molar-refractivity contribution is 5.02. The third kappa shape index (κ3) is 2.14. The normalized spacial score (nSPS) is 39.5. The smallest absolute Gasteiger partial charge is 0.0206 e. The van der Waals surface area contributed by atoms with Crippen molar-refractivity contribution in [3.8, 4) is 0 Å². The van der Waals surface area contributed by atoms with Gasteiger partial charge in [0, 0.05) is 0 Å². The predicted octanol–water partition coefficient (Wildman–Crippen LogP) is 4.81. The Morgan fingerprint density at radius 1 is 1.20 bits per heavy atom. The summed E-state index contributed by atoms with van der Waals surface area (Å²) < 4.78 is 0.